The Kier molecular flexibility index (Phi) is 6.53. The van der Waals surface area contributed by atoms with Crippen molar-refractivity contribution >= 4 is 11.4 Å². The molecule has 0 atom stereocenters. The number of para-hydroxylation sites is 2. The number of benzene rings is 2. The largest absolute Gasteiger partial charge is 0.355 e. The van der Waals surface area contributed by atoms with E-state index in [1.807, 2.05) is 30.6 Å². The van der Waals surface area contributed by atoms with Crippen LogP contribution in [0.4, 0.5) is 11.4 Å². The topological polar surface area (TPSA) is 24.9 Å². The fourth-order valence-corrected chi connectivity index (χ4v) is 2.97. The quantitative estimate of drug-likeness (QED) is 0.568. The van der Waals surface area contributed by atoms with E-state index in [1.165, 1.54) is 11.1 Å². The van der Waals surface area contributed by atoms with Crippen LogP contribution >= 0.6 is 0 Å². The minimum absolute atomic E-state index is 0.0275. The summed E-state index contributed by atoms with van der Waals surface area (Å²) in [5.74, 6) is 0. The van der Waals surface area contributed by atoms with Crippen LogP contribution in [0.1, 0.15) is 25.0 Å². The third kappa shape index (κ3) is 5.05. The molecule has 2 heteroatoms. The lowest BCUT2D eigenvalue weighted by Gasteiger charge is -2.28. The van der Waals surface area contributed by atoms with Gasteiger partial charge in [0.05, 0.1) is 0 Å². The van der Waals surface area contributed by atoms with Gasteiger partial charge in [-0.2, -0.15) is 0 Å². The number of rotatable bonds is 5. The van der Waals surface area contributed by atoms with Crippen LogP contribution in [-0.4, -0.2) is 4.98 Å². The normalized spacial score (nSPS) is 10.5. The van der Waals surface area contributed by atoms with Crippen molar-refractivity contribution in [3.8, 4) is 0 Å². The third-order valence-electron chi connectivity index (χ3n) is 4.10. The predicted octanol–water partition coefficient (Wildman–Crippen LogP) is 6.15. The molecule has 0 radical (unpaired) electrons. The molecule has 25 heavy (non-hydrogen) atoms. The molecule has 1 heterocycles. The van der Waals surface area contributed by atoms with E-state index in [2.05, 4.69) is 85.8 Å². The maximum Gasteiger partial charge on any atom is 0.0422 e. The molecule has 0 bridgehead atoms. The van der Waals surface area contributed by atoms with Crippen LogP contribution in [0.25, 0.3) is 0 Å². The van der Waals surface area contributed by atoms with Crippen molar-refractivity contribution < 1.29 is 0 Å². The van der Waals surface area contributed by atoms with Crippen molar-refractivity contribution in [2.75, 3.05) is 5.32 Å². The highest BCUT2D eigenvalue weighted by Gasteiger charge is 2.24. The SMILES string of the molecule is C=C.CC(C)(Cc1ccncc1)c1ccccc1Nc1ccccc1. The average Bonchev–Trinajstić information content (AvgIpc) is 2.65. The van der Waals surface area contributed by atoms with E-state index in [9.17, 15) is 0 Å². The number of anilines is 2. The summed E-state index contributed by atoms with van der Waals surface area (Å²) >= 11 is 0. The molecule has 0 aliphatic carbocycles. The first-order valence-corrected chi connectivity index (χ1v) is 8.46. The van der Waals surface area contributed by atoms with Gasteiger partial charge in [0.2, 0.25) is 0 Å². The zero-order chi connectivity index (χ0) is 18.1. The Morgan fingerprint density at radius 3 is 2.12 bits per heavy atom. The summed E-state index contributed by atoms with van der Waals surface area (Å²) < 4.78 is 0. The molecular weight excluding hydrogens is 304 g/mol. The zero-order valence-electron chi connectivity index (χ0n) is 15.1. The summed E-state index contributed by atoms with van der Waals surface area (Å²) in [7, 11) is 0. The molecule has 3 aromatic rings. The molecule has 0 unspecified atom stereocenters. The van der Waals surface area contributed by atoms with Crippen LogP contribution in [0.15, 0.2) is 92.3 Å². The standard InChI is InChI=1S/C21H22N2.C2H4/c1-21(2,16-17-12-14-22-15-13-17)19-10-6-7-11-20(19)23-18-8-4-3-5-9-18;1-2/h3-15,23H,16H2,1-2H3;1-2H2. The van der Waals surface area contributed by atoms with E-state index in [-0.39, 0.29) is 5.41 Å². The van der Waals surface area contributed by atoms with Gasteiger partial charge in [-0.05, 0) is 53.3 Å². The van der Waals surface area contributed by atoms with Gasteiger partial charge >= 0.3 is 0 Å². The molecule has 0 spiro atoms. The van der Waals surface area contributed by atoms with Gasteiger partial charge in [0.1, 0.15) is 0 Å². The van der Waals surface area contributed by atoms with Gasteiger partial charge in [-0.15, -0.1) is 13.2 Å². The lowest BCUT2D eigenvalue weighted by Crippen LogP contribution is -2.22. The van der Waals surface area contributed by atoms with Gasteiger partial charge < -0.3 is 5.32 Å². The van der Waals surface area contributed by atoms with Gasteiger partial charge in [-0.3, -0.25) is 4.98 Å². The highest BCUT2D eigenvalue weighted by Crippen LogP contribution is 2.34. The summed E-state index contributed by atoms with van der Waals surface area (Å²) in [6, 6.07) is 23.0. The Morgan fingerprint density at radius 2 is 1.44 bits per heavy atom. The Labute approximate surface area is 151 Å². The van der Waals surface area contributed by atoms with E-state index in [4.69, 9.17) is 0 Å². The first-order valence-electron chi connectivity index (χ1n) is 8.46. The van der Waals surface area contributed by atoms with Gasteiger partial charge in [0.15, 0.2) is 0 Å². The summed E-state index contributed by atoms with van der Waals surface area (Å²) in [4.78, 5) is 4.11. The molecule has 1 aromatic heterocycles. The summed E-state index contributed by atoms with van der Waals surface area (Å²) in [5, 5.41) is 3.55. The minimum atomic E-state index is 0.0275. The van der Waals surface area contributed by atoms with E-state index in [0.29, 0.717) is 0 Å². The fourth-order valence-electron chi connectivity index (χ4n) is 2.97. The molecule has 0 amide bonds. The second-order valence-corrected chi connectivity index (χ2v) is 6.45. The van der Waals surface area contributed by atoms with Crippen LogP contribution in [0, 0.1) is 0 Å². The molecule has 3 rings (SSSR count). The van der Waals surface area contributed by atoms with Crippen LogP contribution in [0.3, 0.4) is 0 Å². The van der Waals surface area contributed by atoms with Crippen molar-refractivity contribution in [1.29, 1.82) is 0 Å². The maximum absolute atomic E-state index is 4.11. The molecule has 2 aromatic carbocycles. The van der Waals surface area contributed by atoms with E-state index in [0.717, 1.165) is 17.8 Å². The number of hydrogen-bond donors (Lipinski definition) is 1. The second kappa shape index (κ2) is 8.84. The molecule has 128 valence electrons. The van der Waals surface area contributed by atoms with Gasteiger partial charge in [-0.25, -0.2) is 0 Å². The summed E-state index contributed by atoms with van der Waals surface area (Å²) in [6.45, 7) is 10.6. The van der Waals surface area contributed by atoms with E-state index >= 15 is 0 Å². The Balaban J connectivity index is 0.00000109. The maximum atomic E-state index is 4.11. The van der Waals surface area contributed by atoms with Crippen LogP contribution in [-0.2, 0) is 11.8 Å². The van der Waals surface area contributed by atoms with Crippen LogP contribution in [0.2, 0.25) is 0 Å². The highest BCUT2D eigenvalue weighted by atomic mass is 14.9. The third-order valence-corrected chi connectivity index (χ3v) is 4.10. The van der Waals surface area contributed by atoms with Crippen molar-refractivity contribution in [1.82, 2.24) is 4.98 Å². The van der Waals surface area contributed by atoms with Crippen molar-refractivity contribution in [2.45, 2.75) is 25.7 Å². The summed E-state index contributed by atoms with van der Waals surface area (Å²) in [5.41, 5.74) is 4.93. The molecular formula is C23H26N2. The molecule has 0 aliphatic heterocycles. The van der Waals surface area contributed by atoms with E-state index in [1.54, 1.807) is 0 Å². The average molecular weight is 330 g/mol. The number of hydrogen-bond acceptors (Lipinski definition) is 2. The number of nitrogens with one attached hydrogen (secondary N) is 1. The number of aromatic nitrogens is 1. The van der Waals surface area contributed by atoms with Crippen molar-refractivity contribution in [3.63, 3.8) is 0 Å². The van der Waals surface area contributed by atoms with Crippen molar-refractivity contribution in [2.24, 2.45) is 0 Å². The van der Waals surface area contributed by atoms with Gasteiger partial charge in [0, 0.05) is 23.8 Å². The fraction of sp³-hybridized carbons (Fsp3) is 0.174. The lowest BCUT2D eigenvalue weighted by molar-refractivity contribution is 0.524. The molecule has 2 nitrogen and oxygen atoms in total. The zero-order valence-corrected chi connectivity index (χ0v) is 15.1. The Bertz CT molecular complexity index is 764. The minimum Gasteiger partial charge on any atom is -0.355 e. The van der Waals surface area contributed by atoms with Gasteiger partial charge in [-0.1, -0.05) is 50.2 Å². The predicted molar refractivity (Wildman–Crippen MR) is 108 cm³/mol. The first-order chi connectivity index (χ1) is 12.1. The Morgan fingerprint density at radius 1 is 0.840 bits per heavy atom. The lowest BCUT2D eigenvalue weighted by atomic mass is 9.78. The number of nitrogens with zero attached hydrogens (tertiary/aromatic N) is 1. The Hall–Kier alpha value is -2.87. The van der Waals surface area contributed by atoms with Crippen LogP contribution in [0.5, 0.6) is 0 Å². The monoisotopic (exact) mass is 330 g/mol. The number of pyridine rings is 1. The van der Waals surface area contributed by atoms with Crippen LogP contribution < -0.4 is 5.32 Å². The smallest absolute Gasteiger partial charge is 0.0422 e. The molecule has 0 aliphatic rings. The summed E-state index contributed by atoms with van der Waals surface area (Å²) in [6.07, 6.45) is 4.70. The van der Waals surface area contributed by atoms with Crippen molar-refractivity contribution in [3.05, 3.63) is 103 Å². The second-order valence-electron chi connectivity index (χ2n) is 6.45. The molecule has 0 saturated carbocycles. The molecule has 0 fully saturated rings. The molecule has 0 saturated heterocycles. The van der Waals surface area contributed by atoms with E-state index < -0.39 is 0 Å². The van der Waals surface area contributed by atoms with Gasteiger partial charge in [0.25, 0.3) is 0 Å². The highest BCUT2D eigenvalue weighted by molar-refractivity contribution is 5.64. The molecule has 1 N–H and O–H groups in total. The first kappa shape index (κ1) is 18.5.